The first-order valence-electron chi connectivity index (χ1n) is 9.11. The number of carbonyl (C=O) groups excluding carboxylic acids is 1. The average Bonchev–Trinajstić information content (AvgIpc) is 2.62. The van der Waals surface area contributed by atoms with Crippen molar-refractivity contribution in [3.05, 3.63) is 53.1 Å². The Morgan fingerprint density at radius 2 is 1.81 bits per heavy atom. The van der Waals surface area contributed by atoms with Crippen LogP contribution >= 0.6 is 0 Å². The Labute approximate surface area is 158 Å². The summed E-state index contributed by atoms with van der Waals surface area (Å²) in [7, 11) is 0. The fraction of sp³-hybridized carbons (Fsp3) is 0.381. The van der Waals surface area contributed by atoms with E-state index in [0.29, 0.717) is 25.1 Å². The van der Waals surface area contributed by atoms with Gasteiger partial charge in [0.05, 0.1) is 11.8 Å². The highest BCUT2D eigenvalue weighted by Crippen LogP contribution is 2.36. The number of carbonyl (C=O) groups is 1. The van der Waals surface area contributed by atoms with E-state index in [4.69, 9.17) is 0 Å². The number of benzene rings is 2. The highest BCUT2D eigenvalue weighted by atomic mass is 16.3. The van der Waals surface area contributed by atoms with Crippen molar-refractivity contribution in [2.75, 3.05) is 11.9 Å². The lowest BCUT2D eigenvalue weighted by Gasteiger charge is -2.29. The van der Waals surface area contributed by atoms with Crippen LogP contribution in [0.3, 0.4) is 0 Å². The summed E-state index contributed by atoms with van der Waals surface area (Å²) in [6.07, 6.45) is 0.826. The van der Waals surface area contributed by atoms with Crippen molar-refractivity contribution in [2.45, 2.75) is 44.8 Å². The Bertz CT molecular complexity index is 831. The molecule has 0 bridgehead atoms. The van der Waals surface area contributed by atoms with Gasteiger partial charge in [-0.05, 0) is 61.6 Å². The van der Waals surface area contributed by atoms with Gasteiger partial charge in [-0.15, -0.1) is 0 Å². The van der Waals surface area contributed by atoms with Crippen LogP contribution in [0.15, 0.2) is 36.4 Å². The minimum absolute atomic E-state index is 0.0228. The topological polar surface area (TPSA) is 102 Å². The lowest BCUT2D eigenvalue weighted by atomic mass is 9.92. The zero-order chi connectivity index (χ0) is 19.6. The van der Waals surface area contributed by atoms with Gasteiger partial charge in [0, 0.05) is 18.5 Å². The number of anilines is 1. The predicted octanol–water partition coefficient (Wildman–Crippen LogP) is 2.63. The third kappa shape index (κ3) is 4.59. The standard InChI is InChI=1S/C21H26N2O4/c1-21(2,11-13-3-5-14(24)6-4-13)22-12-18(26)15-7-9-17(25)20-16(15)8-10-19(27)23-20/h3-7,9,18,22,24-26H,8,10-12H2,1-2H3,(H,23,27). The zero-order valence-corrected chi connectivity index (χ0v) is 15.6. The van der Waals surface area contributed by atoms with Crippen LogP contribution in [0.1, 0.15) is 43.1 Å². The highest BCUT2D eigenvalue weighted by molar-refractivity contribution is 5.96. The van der Waals surface area contributed by atoms with Crippen molar-refractivity contribution in [1.29, 1.82) is 0 Å². The second-order valence-electron chi connectivity index (χ2n) is 7.70. The molecule has 0 aromatic heterocycles. The Morgan fingerprint density at radius 3 is 2.52 bits per heavy atom. The molecule has 5 N–H and O–H groups in total. The number of β-amino-alcohol motifs (C(OH)–C–C–N with tert-alkyl or cyclic N) is 1. The quantitative estimate of drug-likeness (QED) is 0.503. The van der Waals surface area contributed by atoms with E-state index in [1.54, 1.807) is 18.2 Å². The Hall–Kier alpha value is -2.57. The molecule has 0 spiro atoms. The fourth-order valence-electron chi connectivity index (χ4n) is 3.48. The Kier molecular flexibility index (Phi) is 5.39. The van der Waals surface area contributed by atoms with E-state index < -0.39 is 6.10 Å². The van der Waals surface area contributed by atoms with E-state index in [0.717, 1.165) is 23.1 Å². The van der Waals surface area contributed by atoms with Crippen molar-refractivity contribution < 1.29 is 20.1 Å². The van der Waals surface area contributed by atoms with Gasteiger partial charge in [-0.1, -0.05) is 18.2 Å². The summed E-state index contributed by atoms with van der Waals surface area (Å²) in [5, 5.41) is 36.2. The maximum atomic E-state index is 11.6. The van der Waals surface area contributed by atoms with Crippen LogP contribution in [0.2, 0.25) is 0 Å². The number of phenols is 2. The van der Waals surface area contributed by atoms with E-state index in [-0.39, 0.29) is 22.9 Å². The number of rotatable bonds is 6. The van der Waals surface area contributed by atoms with Gasteiger partial charge in [0.1, 0.15) is 11.5 Å². The number of nitrogens with one attached hydrogen (secondary N) is 2. The monoisotopic (exact) mass is 370 g/mol. The molecule has 0 radical (unpaired) electrons. The molecule has 27 heavy (non-hydrogen) atoms. The summed E-state index contributed by atoms with van der Waals surface area (Å²) in [6, 6.07) is 10.3. The number of amides is 1. The molecule has 1 heterocycles. The summed E-state index contributed by atoms with van der Waals surface area (Å²) in [5.41, 5.74) is 2.75. The first-order chi connectivity index (χ1) is 12.7. The molecule has 0 saturated heterocycles. The number of aromatic hydroxyl groups is 2. The molecule has 1 aliphatic rings. The number of aliphatic hydroxyl groups is 1. The van der Waals surface area contributed by atoms with Crippen LogP contribution in [0.5, 0.6) is 11.5 Å². The van der Waals surface area contributed by atoms with Gasteiger partial charge in [-0.2, -0.15) is 0 Å². The lowest BCUT2D eigenvalue weighted by molar-refractivity contribution is -0.116. The predicted molar refractivity (Wildman–Crippen MR) is 104 cm³/mol. The molecule has 0 saturated carbocycles. The van der Waals surface area contributed by atoms with Crippen molar-refractivity contribution in [3.63, 3.8) is 0 Å². The van der Waals surface area contributed by atoms with Gasteiger partial charge >= 0.3 is 0 Å². The first kappa shape index (κ1) is 19.2. The van der Waals surface area contributed by atoms with Crippen LogP contribution in [0.25, 0.3) is 0 Å². The largest absolute Gasteiger partial charge is 0.508 e. The van der Waals surface area contributed by atoms with Crippen molar-refractivity contribution >= 4 is 11.6 Å². The molecule has 1 amide bonds. The smallest absolute Gasteiger partial charge is 0.224 e. The molecule has 6 heteroatoms. The molecule has 2 aromatic rings. The summed E-state index contributed by atoms with van der Waals surface area (Å²) in [5.74, 6) is 0.136. The van der Waals surface area contributed by atoms with Crippen LogP contribution in [0, 0.1) is 0 Å². The second-order valence-corrected chi connectivity index (χ2v) is 7.70. The summed E-state index contributed by atoms with van der Waals surface area (Å²) >= 11 is 0. The molecule has 0 fully saturated rings. The summed E-state index contributed by atoms with van der Waals surface area (Å²) in [4.78, 5) is 11.6. The second kappa shape index (κ2) is 7.58. The van der Waals surface area contributed by atoms with Gasteiger partial charge < -0.3 is 26.0 Å². The Balaban J connectivity index is 1.68. The van der Waals surface area contributed by atoms with E-state index >= 15 is 0 Å². The minimum atomic E-state index is -0.756. The van der Waals surface area contributed by atoms with Crippen LogP contribution < -0.4 is 10.6 Å². The SMILES string of the molecule is CC(C)(Cc1ccc(O)cc1)NCC(O)c1ccc(O)c2c1CCC(=O)N2. The molecule has 1 atom stereocenters. The molecular formula is C21H26N2O4. The summed E-state index contributed by atoms with van der Waals surface area (Å²) in [6.45, 7) is 4.45. The fourth-order valence-corrected chi connectivity index (χ4v) is 3.48. The third-order valence-electron chi connectivity index (χ3n) is 4.91. The number of phenolic OH excluding ortho intramolecular Hbond substituents is 2. The van der Waals surface area contributed by atoms with E-state index in [1.807, 2.05) is 12.1 Å². The van der Waals surface area contributed by atoms with Crippen LogP contribution in [0.4, 0.5) is 5.69 Å². The maximum Gasteiger partial charge on any atom is 0.224 e. The van der Waals surface area contributed by atoms with Crippen molar-refractivity contribution in [1.82, 2.24) is 5.32 Å². The van der Waals surface area contributed by atoms with Crippen LogP contribution in [-0.4, -0.2) is 33.3 Å². The number of hydrogen-bond donors (Lipinski definition) is 5. The number of hydrogen-bond acceptors (Lipinski definition) is 5. The van der Waals surface area contributed by atoms with Gasteiger partial charge in [-0.25, -0.2) is 0 Å². The molecule has 144 valence electrons. The molecule has 1 aliphatic heterocycles. The van der Waals surface area contributed by atoms with Gasteiger partial charge in [0.15, 0.2) is 0 Å². The molecule has 0 aliphatic carbocycles. The third-order valence-corrected chi connectivity index (χ3v) is 4.91. The number of fused-ring (bicyclic) bond motifs is 1. The zero-order valence-electron chi connectivity index (χ0n) is 15.6. The molecule has 3 rings (SSSR count). The highest BCUT2D eigenvalue weighted by Gasteiger charge is 2.25. The van der Waals surface area contributed by atoms with Crippen molar-refractivity contribution in [2.24, 2.45) is 0 Å². The van der Waals surface area contributed by atoms with Crippen LogP contribution in [-0.2, 0) is 17.6 Å². The number of aliphatic hydroxyl groups excluding tert-OH is 1. The molecule has 1 unspecified atom stereocenters. The summed E-state index contributed by atoms with van der Waals surface area (Å²) < 4.78 is 0. The van der Waals surface area contributed by atoms with Crippen molar-refractivity contribution in [3.8, 4) is 11.5 Å². The van der Waals surface area contributed by atoms with Gasteiger partial charge in [-0.3, -0.25) is 4.79 Å². The van der Waals surface area contributed by atoms with Gasteiger partial charge in [0.2, 0.25) is 5.91 Å². The van der Waals surface area contributed by atoms with E-state index in [1.165, 1.54) is 6.07 Å². The molecular weight excluding hydrogens is 344 g/mol. The normalized spacial score (nSPS) is 15.1. The van der Waals surface area contributed by atoms with E-state index in [9.17, 15) is 20.1 Å². The average molecular weight is 370 g/mol. The first-order valence-corrected chi connectivity index (χ1v) is 9.11. The Morgan fingerprint density at radius 1 is 1.11 bits per heavy atom. The maximum absolute atomic E-state index is 11.6. The van der Waals surface area contributed by atoms with E-state index in [2.05, 4.69) is 24.5 Å². The lowest BCUT2D eigenvalue weighted by Crippen LogP contribution is -2.43. The molecule has 2 aromatic carbocycles. The van der Waals surface area contributed by atoms with Gasteiger partial charge in [0.25, 0.3) is 0 Å². The molecule has 6 nitrogen and oxygen atoms in total. The minimum Gasteiger partial charge on any atom is -0.508 e.